The Kier molecular flexibility index (Phi) is 5.12. The maximum Gasteiger partial charge on any atom is 0.354 e. The zero-order valence-electron chi connectivity index (χ0n) is 15.9. The van der Waals surface area contributed by atoms with Crippen molar-refractivity contribution in [3.05, 3.63) is 34.5 Å². The van der Waals surface area contributed by atoms with Crippen LogP contribution in [0.5, 0.6) is 11.5 Å². The van der Waals surface area contributed by atoms with E-state index in [1.165, 1.54) is 31.9 Å². The van der Waals surface area contributed by atoms with E-state index in [2.05, 4.69) is 20.3 Å². The average Bonchev–Trinajstić information content (AvgIpc) is 2.65. The summed E-state index contributed by atoms with van der Waals surface area (Å²) < 4.78 is 12.2. The molecule has 10 heteroatoms. The molecule has 10 nitrogen and oxygen atoms in total. The zero-order valence-corrected chi connectivity index (χ0v) is 15.9. The molecule has 0 aliphatic carbocycles. The highest BCUT2D eigenvalue weighted by Gasteiger charge is 2.20. The highest BCUT2D eigenvalue weighted by atomic mass is 16.5. The molecule has 0 bridgehead atoms. The van der Waals surface area contributed by atoms with Crippen LogP contribution in [-0.2, 0) is 11.2 Å². The van der Waals surface area contributed by atoms with Gasteiger partial charge in [-0.1, -0.05) is 6.92 Å². The summed E-state index contributed by atoms with van der Waals surface area (Å²) in [6.07, 6.45) is 2.01. The molecule has 1 aromatic carbocycles. The van der Waals surface area contributed by atoms with E-state index >= 15 is 0 Å². The third-order valence-corrected chi connectivity index (χ3v) is 4.13. The van der Waals surface area contributed by atoms with Crippen LogP contribution < -0.4 is 26.2 Å². The summed E-state index contributed by atoms with van der Waals surface area (Å²) in [6, 6.07) is 3.25. The van der Waals surface area contributed by atoms with Crippen molar-refractivity contribution in [2.75, 3.05) is 25.3 Å². The first-order valence-corrected chi connectivity index (χ1v) is 8.47. The summed E-state index contributed by atoms with van der Waals surface area (Å²) in [7, 11) is 2.94. The maximum atomic E-state index is 12.9. The molecule has 0 radical (unpaired) electrons. The Morgan fingerprint density at radius 1 is 1.25 bits per heavy atom. The first-order valence-electron chi connectivity index (χ1n) is 8.47. The van der Waals surface area contributed by atoms with Gasteiger partial charge in [0.1, 0.15) is 5.75 Å². The van der Waals surface area contributed by atoms with Gasteiger partial charge in [-0.2, -0.15) is 9.97 Å². The summed E-state index contributed by atoms with van der Waals surface area (Å²) in [5.41, 5.74) is 6.63. The van der Waals surface area contributed by atoms with Crippen molar-refractivity contribution in [1.29, 1.82) is 0 Å². The highest BCUT2D eigenvalue weighted by molar-refractivity contribution is 5.92. The van der Waals surface area contributed by atoms with Crippen LogP contribution in [0.1, 0.15) is 19.5 Å². The van der Waals surface area contributed by atoms with E-state index in [-0.39, 0.29) is 17.5 Å². The van der Waals surface area contributed by atoms with Crippen LogP contribution in [0.25, 0.3) is 16.7 Å². The van der Waals surface area contributed by atoms with E-state index in [0.717, 1.165) is 0 Å². The number of methoxy groups -OCH3 is 2. The van der Waals surface area contributed by atoms with Crippen molar-refractivity contribution in [1.82, 2.24) is 19.5 Å². The molecule has 3 rings (SSSR count). The molecule has 2 aromatic heterocycles. The van der Waals surface area contributed by atoms with E-state index < -0.39 is 5.69 Å². The van der Waals surface area contributed by atoms with Crippen LogP contribution in [0.2, 0.25) is 0 Å². The lowest BCUT2D eigenvalue weighted by Crippen LogP contribution is -2.26. The molecule has 0 aliphatic heterocycles. The molecule has 0 saturated carbocycles. The SMILES string of the molecule is CCc1c2cnc(N)nc2nc(=O)n1-c1cc(OC)cc(NC(C)=O)c1OC. The normalized spacial score (nSPS) is 10.7. The van der Waals surface area contributed by atoms with E-state index in [9.17, 15) is 9.59 Å². The predicted molar refractivity (Wildman–Crippen MR) is 104 cm³/mol. The number of amides is 1. The Labute approximate surface area is 160 Å². The molecule has 146 valence electrons. The second kappa shape index (κ2) is 7.51. The molecule has 0 unspecified atom stereocenters. The van der Waals surface area contributed by atoms with Gasteiger partial charge in [0.2, 0.25) is 11.9 Å². The molecule has 28 heavy (non-hydrogen) atoms. The Balaban J connectivity index is 2.41. The lowest BCUT2D eigenvalue weighted by atomic mass is 10.1. The standard InChI is InChI=1S/C18H20N6O4/c1-5-13-11-8-20-17(19)22-16(11)23-18(26)24(13)14-7-10(27-3)6-12(15(14)28-4)21-9(2)25/h6-8H,5H2,1-4H3,(H,21,25)(H2,19,22,23,26). The van der Waals surface area contributed by atoms with Crippen molar-refractivity contribution >= 4 is 28.6 Å². The second-order valence-electron chi connectivity index (χ2n) is 5.90. The monoisotopic (exact) mass is 384 g/mol. The van der Waals surface area contributed by atoms with Gasteiger partial charge in [0.25, 0.3) is 0 Å². The molecule has 0 atom stereocenters. The number of aromatic nitrogens is 4. The minimum absolute atomic E-state index is 0.0334. The fourth-order valence-electron chi connectivity index (χ4n) is 3.02. The molecule has 3 aromatic rings. The topological polar surface area (TPSA) is 134 Å². The molecule has 0 spiro atoms. The molecular formula is C18H20N6O4. The van der Waals surface area contributed by atoms with Crippen LogP contribution in [0.3, 0.4) is 0 Å². The summed E-state index contributed by atoms with van der Waals surface area (Å²) >= 11 is 0. The number of nitrogens with zero attached hydrogens (tertiary/aromatic N) is 4. The van der Waals surface area contributed by atoms with Crippen molar-refractivity contribution < 1.29 is 14.3 Å². The van der Waals surface area contributed by atoms with Crippen LogP contribution in [0.4, 0.5) is 11.6 Å². The number of carbonyl (C=O) groups excluding carboxylic acids is 1. The molecule has 1 amide bonds. The Morgan fingerprint density at radius 3 is 2.61 bits per heavy atom. The van der Waals surface area contributed by atoms with Gasteiger partial charge in [-0.15, -0.1) is 0 Å². The van der Waals surface area contributed by atoms with E-state index in [4.69, 9.17) is 15.2 Å². The predicted octanol–water partition coefficient (Wildman–Crippen LogP) is 1.30. The van der Waals surface area contributed by atoms with Gasteiger partial charge in [-0.05, 0) is 6.42 Å². The number of fused-ring (bicyclic) bond motifs is 1. The van der Waals surface area contributed by atoms with E-state index in [0.29, 0.717) is 40.4 Å². The van der Waals surface area contributed by atoms with Crippen LogP contribution >= 0.6 is 0 Å². The minimum Gasteiger partial charge on any atom is -0.497 e. The van der Waals surface area contributed by atoms with Gasteiger partial charge in [-0.3, -0.25) is 9.36 Å². The van der Waals surface area contributed by atoms with Gasteiger partial charge in [-0.25, -0.2) is 9.78 Å². The number of ether oxygens (including phenoxy) is 2. The number of rotatable bonds is 5. The quantitative estimate of drug-likeness (QED) is 0.672. The minimum atomic E-state index is -0.567. The van der Waals surface area contributed by atoms with Crippen LogP contribution in [0, 0.1) is 0 Å². The van der Waals surface area contributed by atoms with E-state index in [1.807, 2.05) is 6.92 Å². The second-order valence-corrected chi connectivity index (χ2v) is 5.90. The number of hydrogen-bond donors (Lipinski definition) is 2. The molecular weight excluding hydrogens is 364 g/mol. The summed E-state index contributed by atoms with van der Waals surface area (Å²) in [5.74, 6) is 0.472. The number of benzene rings is 1. The number of anilines is 2. The van der Waals surface area contributed by atoms with Gasteiger partial charge in [0.05, 0.1) is 31.0 Å². The Bertz CT molecular complexity index is 1130. The fraction of sp³-hybridized carbons (Fsp3) is 0.278. The summed E-state index contributed by atoms with van der Waals surface area (Å²) in [4.78, 5) is 36.6. The third kappa shape index (κ3) is 3.31. The number of carbonyl (C=O) groups is 1. The van der Waals surface area contributed by atoms with Gasteiger partial charge < -0.3 is 20.5 Å². The largest absolute Gasteiger partial charge is 0.497 e. The van der Waals surface area contributed by atoms with Gasteiger partial charge in [0, 0.05) is 30.9 Å². The number of hydrogen-bond acceptors (Lipinski definition) is 8. The van der Waals surface area contributed by atoms with Gasteiger partial charge in [0.15, 0.2) is 11.4 Å². The maximum absolute atomic E-state index is 12.9. The number of nitrogens with two attached hydrogens (primary N) is 1. The first-order chi connectivity index (χ1) is 13.4. The third-order valence-electron chi connectivity index (χ3n) is 4.13. The lowest BCUT2D eigenvalue weighted by Gasteiger charge is -2.19. The Hall–Kier alpha value is -3.69. The zero-order chi connectivity index (χ0) is 20.4. The summed E-state index contributed by atoms with van der Waals surface area (Å²) in [5, 5.41) is 3.28. The summed E-state index contributed by atoms with van der Waals surface area (Å²) in [6.45, 7) is 3.27. The van der Waals surface area contributed by atoms with Crippen molar-refractivity contribution in [3.63, 3.8) is 0 Å². The van der Waals surface area contributed by atoms with Crippen LogP contribution in [0.15, 0.2) is 23.1 Å². The molecule has 0 saturated heterocycles. The van der Waals surface area contributed by atoms with Gasteiger partial charge >= 0.3 is 5.69 Å². The molecule has 2 heterocycles. The number of nitrogens with one attached hydrogen (secondary N) is 1. The van der Waals surface area contributed by atoms with Crippen LogP contribution in [-0.4, -0.2) is 39.6 Å². The number of aryl methyl sites for hydroxylation is 1. The van der Waals surface area contributed by atoms with Crippen molar-refractivity contribution in [2.45, 2.75) is 20.3 Å². The lowest BCUT2D eigenvalue weighted by molar-refractivity contribution is -0.114. The van der Waals surface area contributed by atoms with Crippen molar-refractivity contribution in [3.8, 4) is 17.2 Å². The fourth-order valence-corrected chi connectivity index (χ4v) is 3.02. The molecule has 0 fully saturated rings. The highest BCUT2D eigenvalue weighted by Crippen LogP contribution is 2.37. The molecule has 0 aliphatic rings. The van der Waals surface area contributed by atoms with Crippen molar-refractivity contribution in [2.24, 2.45) is 0 Å². The Morgan fingerprint density at radius 2 is 2.00 bits per heavy atom. The first kappa shape index (κ1) is 19.1. The number of nitrogen functional groups attached to an aromatic ring is 1. The molecule has 3 N–H and O–H groups in total. The average molecular weight is 384 g/mol. The smallest absolute Gasteiger partial charge is 0.354 e. The van der Waals surface area contributed by atoms with E-state index in [1.54, 1.807) is 12.1 Å².